The van der Waals surface area contributed by atoms with Crippen LogP contribution in [0.1, 0.15) is 5.69 Å². The molecule has 5 nitrogen and oxygen atoms in total. The van der Waals surface area contributed by atoms with Crippen molar-refractivity contribution >= 4 is 15.5 Å². The van der Waals surface area contributed by atoms with E-state index in [-0.39, 0.29) is 0 Å². The van der Waals surface area contributed by atoms with Crippen molar-refractivity contribution in [2.24, 2.45) is 0 Å². The summed E-state index contributed by atoms with van der Waals surface area (Å²) in [5.74, 6) is 0. The molecule has 0 aliphatic heterocycles. The van der Waals surface area contributed by atoms with Crippen LogP contribution in [-0.2, 0) is 16.4 Å². The van der Waals surface area contributed by atoms with Crippen LogP contribution in [0.15, 0.2) is 41.4 Å². The van der Waals surface area contributed by atoms with E-state index in [0.717, 1.165) is 11.4 Å². The Kier molecular flexibility index (Phi) is 3.14. The number of nitrogens with one attached hydrogen (secondary N) is 2. The zero-order valence-electron chi connectivity index (χ0n) is 9.34. The average molecular weight is 251 g/mol. The average Bonchev–Trinajstić information content (AvgIpc) is 2.78. The van der Waals surface area contributed by atoms with E-state index in [1.165, 1.54) is 6.26 Å². The lowest BCUT2D eigenvalue weighted by molar-refractivity contribution is 0.602. The molecule has 0 aliphatic carbocycles. The first kappa shape index (κ1) is 11.7. The van der Waals surface area contributed by atoms with Crippen LogP contribution in [0.3, 0.4) is 0 Å². The molecule has 2 aromatic rings. The Labute approximate surface area is 99.8 Å². The molecule has 2 rings (SSSR count). The zero-order chi connectivity index (χ0) is 12.3. The molecular formula is C11H13N3O2S. The van der Waals surface area contributed by atoms with Crippen LogP contribution in [0.25, 0.3) is 0 Å². The van der Waals surface area contributed by atoms with E-state index in [4.69, 9.17) is 0 Å². The summed E-state index contributed by atoms with van der Waals surface area (Å²) in [5, 5.41) is 9.78. The van der Waals surface area contributed by atoms with Crippen LogP contribution >= 0.6 is 0 Å². The molecule has 1 aromatic heterocycles. The molecule has 0 fully saturated rings. The first-order valence-electron chi connectivity index (χ1n) is 5.08. The van der Waals surface area contributed by atoms with Crippen molar-refractivity contribution in [1.29, 1.82) is 0 Å². The van der Waals surface area contributed by atoms with E-state index < -0.39 is 9.84 Å². The fourth-order valence-corrected chi connectivity index (χ4v) is 2.08. The van der Waals surface area contributed by atoms with Crippen LogP contribution in [0.2, 0.25) is 0 Å². The molecule has 0 bridgehead atoms. The molecule has 0 unspecified atom stereocenters. The minimum absolute atomic E-state index is 0.312. The number of nitrogens with zero attached hydrogens (tertiary/aromatic N) is 1. The molecule has 0 atom stereocenters. The van der Waals surface area contributed by atoms with Crippen LogP contribution in [0.4, 0.5) is 5.69 Å². The van der Waals surface area contributed by atoms with Gasteiger partial charge in [0, 0.05) is 18.1 Å². The van der Waals surface area contributed by atoms with E-state index in [1.54, 1.807) is 24.4 Å². The number of anilines is 1. The lowest BCUT2D eigenvalue weighted by Gasteiger charge is -2.06. The van der Waals surface area contributed by atoms with Gasteiger partial charge < -0.3 is 5.32 Å². The Morgan fingerprint density at radius 2 is 2.18 bits per heavy atom. The summed E-state index contributed by atoms with van der Waals surface area (Å²) in [6, 6.07) is 8.59. The van der Waals surface area contributed by atoms with Crippen LogP contribution < -0.4 is 5.32 Å². The number of aromatic nitrogens is 2. The van der Waals surface area contributed by atoms with Crippen molar-refractivity contribution in [3.63, 3.8) is 0 Å². The third kappa shape index (κ3) is 3.07. The summed E-state index contributed by atoms with van der Waals surface area (Å²) < 4.78 is 22.7. The zero-order valence-corrected chi connectivity index (χ0v) is 10.2. The quantitative estimate of drug-likeness (QED) is 0.862. The molecular weight excluding hydrogens is 238 g/mol. The standard InChI is InChI=1S/C11H13N3O2S/c1-17(15,16)11-4-2-3-9(7-11)12-8-10-5-6-13-14-10/h2-7,12H,8H2,1H3,(H,13,14). The topological polar surface area (TPSA) is 74.8 Å². The van der Waals surface area contributed by atoms with Gasteiger partial charge in [0.1, 0.15) is 0 Å². The first-order chi connectivity index (χ1) is 8.05. The van der Waals surface area contributed by atoms with Gasteiger partial charge in [0.2, 0.25) is 0 Å². The maximum atomic E-state index is 11.4. The van der Waals surface area contributed by atoms with Crippen molar-refractivity contribution in [1.82, 2.24) is 10.2 Å². The van der Waals surface area contributed by atoms with E-state index in [2.05, 4.69) is 15.5 Å². The largest absolute Gasteiger partial charge is 0.379 e. The van der Waals surface area contributed by atoms with E-state index in [0.29, 0.717) is 11.4 Å². The van der Waals surface area contributed by atoms with Gasteiger partial charge in [-0.1, -0.05) is 6.07 Å². The number of hydrogen-bond donors (Lipinski definition) is 2. The third-order valence-corrected chi connectivity index (χ3v) is 3.41. The Hall–Kier alpha value is -1.82. The molecule has 0 radical (unpaired) electrons. The molecule has 0 saturated heterocycles. The third-order valence-electron chi connectivity index (χ3n) is 2.30. The predicted molar refractivity (Wildman–Crippen MR) is 65.5 cm³/mol. The Morgan fingerprint density at radius 1 is 1.35 bits per heavy atom. The smallest absolute Gasteiger partial charge is 0.175 e. The van der Waals surface area contributed by atoms with Crippen molar-refractivity contribution in [3.8, 4) is 0 Å². The van der Waals surface area contributed by atoms with Gasteiger partial charge in [0.25, 0.3) is 0 Å². The highest BCUT2D eigenvalue weighted by atomic mass is 32.2. The summed E-state index contributed by atoms with van der Waals surface area (Å²) in [6.07, 6.45) is 2.87. The van der Waals surface area contributed by atoms with Gasteiger partial charge in [0.15, 0.2) is 9.84 Å². The number of aromatic amines is 1. The lowest BCUT2D eigenvalue weighted by Crippen LogP contribution is -2.02. The van der Waals surface area contributed by atoms with Crippen molar-refractivity contribution < 1.29 is 8.42 Å². The molecule has 6 heteroatoms. The van der Waals surface area contributed by atoms with E-state index in [1.807, 2.05) is 12.1 Å². The summed E-state index contributed by atoms with van der Waals surface area (Å²) in [7, 11) is -3.16. The van der Waals surface area contributed by atoms with Crippen LogP contribution in [0, 0.1) is 0 Å². The minimum Gasteiger partial charge on any atom is -0.379 e. The highest BCUT2D eigenvalue weighted by molar-refractivity contribution is 7.90. The van der Waals surface area contributed by atoms with Crippen LogP contribution in [-0.4, -0.2) is 24.9 Å². The lowest BCUT2D eigenvalue weighted by atomic mass is 10.3. The monoisotopic (exact) mass is 251 g/mol. The number of H-pyrrole nitrogens is 1. The minimum atomic E-state index is -3.16. The number of hydrogen-bond acceptors (Lipinski definition) is 4. The molecule has 90 valence electrons. The second kappa shape index (κ2) is 4.58. The predicted octanol–water partition coefficient (Wildman–Crippen LogP) is 1.43. The molecule has 1 heterocycles. The van der Waals surface area contributed by atoms with Gasteiger partial charge in [-0.2, -0.15) is 5.10 Å². The molecule has 2 N–H and O–H groups in total. The maximum Gasteiger partial charge on any atom is 0.175 e. The van der Waals surface area contributed by atoms with E-state index in [9.17, 15) is 8.42 Å². The number of rotatable bonds is 4. The van der Waals surface area contributed by atoms with Gasteiger partial charge in [-0.15, -0.1) is 0 Å². The number of benzene rings is 1. The summed E-state index contributed by atoms with van der Waals surface area (Å²) in [4.78, 5) is 0.312. The van der Waals surface area contributed by atoms with Gasteiger partial charge in [-0.3, -0.25) is 5.10 Å². The fourth-order valence-electron chi connectivity index (χ4n) is 1.42. The second-order valence-corrected chi connectivity index (χ2v) is 5.75. The number of sulfone groups is 1. The summed E-state index contributed by atoms with van der Waals surface area (Å²) >= 11 is 0. The van der Waals surface area contributed by atoms with Gasteiger partial charge in [-0.25, -0.2) is 8.42 Å². The maximum absolute atomic E-state index is 11.4. The van der Waals surface area contributed by atoms with Gasteiger partial charge >= 0.3 is 0 Å². The van der Waals surface area contributed by atoms with Crippen molar-refractivity contribution in [2.75, 3.05) is 11.6 Å². The summed E-state index contributed by atoms with van der Waals surface area (Å²) in [6.45, 7) is 0.577. The molecule has 0 amide bonds. The molecule has 17 heavy (non-hydrogen) atoms. The van der Waals surface area contributed by atoms with Gasteiger partial charge in [0.05, 0.1) is 17.1 Å². The SMILES string of the molecule is CS(=O)(=O)c1cccc(NCc2ccn[nH]2)c1. The van der Waals surface area contributed by atoms with Crippen LogP contribution in [0.5, 0.6) is 0 Å². The summed E-state index contributed by atoms with van der Waals surface area (Å²) in [5.41, 5.74) is 1.71. The second-order valence-electron chi connectivity index (χ2n) is 3.74. The van der Waals surface area contributed by atoms with Crippen molar-refractivity contribution in [3.05, 3.63) is 42.2 Å². The van der Waals surface area contributed by atoms with Crippen molar-refractivity contribution in [2.45, 2.75) is 11.4 Å². The molecule has 0 aliphatic rings. The highest BCUT2D eigenvalue weighted by Gasteiger charge is 2.06. The van der Waals surface area contributed by atoms with Gasteiger partial charge in [-0.05, 0) is 24.3 Å². The Balaban J connectivity index is 2.12. The fraction of sp³-hybridized carbons (Fsp3) is 0.182. The normalized spacial score (nSPS) is 11.4. The molecule has 0 spiro atoms. The highest BCUT2D eigenvalue weighted by Crippen LogP contribution is 2.15. The first-order valence-corrected chi connectivity index (χ1v) is 6.97. The molecule has 0 saturated carbocycles. The van der Waals surface area contributed by atoms with E-state index >= 15 is 0 Å². The molecule has 1 aromatic carbocycles. The Bertz CT molecular complexity index is 591. The Morgan fingerprint density at radius 3 is 2.82 bits per heavy atom.